The summed E-state index contributed by atoms with van der Waals surface area (Å²) in [5, 5.41) is 2.45. The van der Waals surface area contributed by atoms with Crippen molar-refractivity contribution in [1.82, 2.24) is 4.57 Å². The van der Waals surface area contributed by atoms with Gasteiger partial charge in [0.2, 0.25) is 5.69 Å². The fraction of sp³-hybridized carbons (Fsp3) is 0.110. The average molecular weight is 1020 g/mol. The van der Waals surface area contributed by atoms with Crippen molar-refractivity contribution in [3.63, 3.8) is 0 Å². The van der Waals surface area contributed by atoms with Crippen molar-refractivity contribution >= 4 is 96.1 Å². The summed E-state index contributed by atoms with van der Waals surface area (Å²) in [6, 6.07) is 82.3. The second kappa shape index (κ2) is 19.0. The molecule has 12 aromatic rings. The zero-order chi connectivity index (χ0) is 54.5. The Kier molecular flexibility index (Phi) is 11.3. The van der Waals surface area contributed by atoms with Crippen molar-refractivity contribution in [2.24, 2.45) is 7.05 Å². The minimum atomic E-state index is -0.205. The summed E-state index contributed by atoms with van der Waals surface area (Å²) in [5.41, 5.74) is 28.1. The van der Waals surface area contributed by atoms with Crippen molar-refractivity contribution in [3.8, 4) is 5.69 Å². The van der Waals surface area contributed by atoms with E-state index >= 15 is 0 Å². The van der Waals surface area contributed by atoms with Crippen LogP contribution in [0.15, 0.2) is 237 Å². The lowest BCUT2D eigenvalue weighted by molar-refractivity contribution is -0.595. The van der Waals surface area contributed by atoms with E-state index in [1.54, 1.807) is 0 Å². The molecule has 0 aliphatic carbocycles. The van der Waals surface area contributed by atoms with Crippen LogP contribution in [-0.4, -0.2) is 11.3 Å². The molecule has 0 amide bonds. The number of anilines is 9. The summed E-state index contributed by atoms with van der Waals surface area (Å²) in [6.45, 7) is 12.8. The molecule has 5 nitrogen and oxygen atoms in total. The van der Waals surface area contributed by atoms with Crippen LogP contribution in [0.25, 0.3) is 27.5 Å². The van der Waals surface area contributed by atoms with Crippen LogP contribution in [0.3, 0.4) is 0 Å². The van der Waals surface area contributed by atoms with Gasteiger partial charge in [0, 0.05) is 87.6 Å². The highest BCUT2D eigenvalue weighted by Gasteiger charge is 2.47. The predicted molar refractivity (Wildman–Crippen MR) is 333 cm³/mol. The normalized spacial score (nSPS) is 12.7. The van der Waals surface area contributed by atoms with Crippen LogP contribution in [0.1, 0.15) is 57.4 Å². The summed E-state index contributed by atoms with van der Waals surface area (Å²) in [4.78, 5) is 7.57. The largest absolute Gasteiger partial charge is 0.342 e. The van der Waals surface area contributed by atoms with Crippen LogP contribution in [-0.2, 0) is 7.05 Å². The molecule has 6 heteroatoms. The molecule has 0 radical (unpaired) electrons. The van der Waals surface area contributed by atoms with Gasteiger partial charge in [0.15, 0.2) is 12.4 Å². The van der Waals surface area contributed by atoms with E-state index in [0.29, 0.717) is 6.04 Å². The van der Waals surface area contributed by atoms with Gasteiger partial charge in [-0.1, -0.05) is 167 Å². The Hall–Kier alpha value is -9.39. The minimum absolute atomic E-state index is 0.0267. The predicted octanol–water partition coefficient (Wildman–Crippen LogP) is 16.2. The van der Waals surface area contributed by atoms with Gasteiger partial charge in [0.25, 0.3) is 6.71 Å². The zero-order valence-electron chi connectivity index (χ0n) is 46.8. The van der Waals surface area contributed by atoms with Crippen LogP contribution in [0.4, 0.5) is 51.2 Å². The number of nitrogens with zero attached hydrogens (tertiary/aromatic N) is 5. The third kappa shape index (κ3) is 8.04. The number of pyridine rings is 1. The monoisotopic (exact) mass is 1020 g/mol. The van der Waals surface area contributed by atoms with Gasteiger partial charge in [0.1, 0.15) is 0 Å². The number of aromatic nitrogens is 2. The highest BCUT2D eigenvalue weighted by molar-refractivity contribution is 7.02. The average Bonchev–Trinajstić information content (AvgIpc) is 2.19. The van der Waals surface area contributed by atoms with E-state index in [9.17, 15) is 0 Å². The Morgan fingerprint density at radius 3 is 1.44 bits per heavy atom. The van der Waals surface area contributed by atoms with E-state index in [1.807, 2.05) is 24.5 Å². The van der Waals surface area contributed by atoms with Gasteiger partial charge in [-0.3, -0.25) is 0 Å². The van der Waals surface area contributed by atoms with Crippen molar-refractivity contribution in [1.29, 1.82) is 0 Å². The number of aryl methyl sites for hydroxylation is 7. The number of hydrogen-bond donors (Lipinski definition) is 0. The first-order chi connectivity index (χ1) is 38.9. The Balaban J connectivity index is 1.15. The summed E-state index contributed by atoms with van der Waals surface area (Å²) in [6.07, 6.45) is 4.05. The molecule has 2 aliphatic heterocycles. The maximum Gasteiger partial charge on any atom is 0.253 e. The fourth-order valence-electron chi connectivity index (χ4n) is 12.7. The van der Waals surface area contributed by atoms with E-state index in [0.717, 1.165) is 56.9 Å². The fourth-order valence-corrected chi connectivity index (χ4v) is 12.7. The third-order valence-corrected chi connectivity index (χ3v) is 16.7. The van der Waals surface area contributed by atoms with Crippen LogP contribution >= 0.6 is 0 Å². The van der Waals surface area contributed by atoms with Gasteiger partial charge in [-0.05, 0) is 141 Å². The molecular weight excluding hydrogens is 958 g/mol. The molecule has 14 rings (SSSR count). The first-order valence-corrected chi connectivity index (χ1v) is 27.6. The van der Waals surface area contributed by atoms with Gasteiger partial charge in [-0.15, -0.1) is 0 Å². The van der Waals surface area contributed by atoms with Gasteiger partial charge in [-0.25, -0.2) is 0 Å². The van der Waals surface area contributed by atoms with Crippen molar-refractivity contribution < 1.29 is 5.94 Å². The third-order valence-electron chi connectivity index (χ3n) is 16.7. The number of hydrogen-bond acceptors (Lipinski definition) is 3. The summed E-state index contributed by atoms with van der Waals surface area (Å²) >= 11 is 0. The second-order valence-corrected chi connectivity index (χ2v) is 22.1. The summed E-state index contributed by atoms with van der Waals surface area (Å²) in [7, 11) is 2.26. The van der Waals surface area contributed by atoms with E-state index in [4.69, 9.17) is 1.37 Å². The molecule has 0 fully saturated rings. The van der Waals surface area contributed by atoms with Crippen LogP contribution < -0.4 is 35.7 Å². The molecule has 0 saturated heterocycles. The van der Waals surface area contributed by atoms with Crippen LogP contribution in [0.2, 0.25) is 0 Å². The zero-order valence-corrected chi connectivity index (χ0v) is 45.8. The first kappa shape index (κ1) is 46.9. The molecular formula is C73H61BN5+. The van der Waals surface area contributed by atoms with Crippen molar-refractivity contribution in [2.75, 3.05) is 14.7 Å². The molecule has 79 heavy (non-hydrogen) atoms. The maximum absolute atomic E-state index is 8.59. The summed E-state index contributed by atoms with van der Waals surface area (Å²) in [5.74, 6) is -0.0267. The highest BCUT2D eigenvalue weighted by atomic mass is 15.2. The number of para-hydroxylation sites is 1. The molecule has 2 aromatic heterocycles. The van der Waals surface area contributed by atoms with Gasteiger partial charge in [0.05, 0.1) is 23.9 Å². The molecule has 0 N–H and O–H groups in total. The molecule has 380 valence electrons. The lowest BCUT2D eigenvalue weighted by Crippen LogP contribution is -2.62. The molecule has 4 heterocycles. The SMILES string of the molecule is [2H]c1cc[n+](-c2cc3c4c(c2)N(c2ccc(C)cc2)c2cc(N(c5ccc(C)cc5)c5ccc(C)cc5)c5c(c2B4c2ccc(C(c4ccc(C)cc4)c4ccc(C)cc4)cc2N3c2ccc(C)cc2)c2ccccc2n5C)cc1. The lowest BCUT2D eigenvalue weighted by atomic mass is 9.33. The Morgan fingerprint density at radius 1 is 0.456 bits per heavy atom. The van der Waals surface area contributed by atoms with E-state index in [2.05, 4.69) is 279 Å². The van der Waals surface area contributed by atoms with Gasteiger partial charge in [-0.2, -0.15) is 4.57 Å². The molecule has 10 aromatic carbocycles. The summed E-state index contributed by atoms with van der Waals surface area (Å²) < 4.78 is 13.2. The molecule has 0 unspecified atom stereocenters. The maximum atomic E-state index is 8.59. The molecule has 0 bridgehead atoms. The molecule has 0 saturated carbocycles. The molecule has 2 aliphatic rings. The Morgan fingerprint density at radius 2 is 0.911 bits per heavy atom. The Bertz CT molecular complexity index is 4250. The first-order valence-electron chi connectivity index (χ1n) is 28.1. The van der Waals surface area contributed by atoms with E-state index < -0.39 is 0 Å². The van der Waals surface area contributed by atoms with Gasteiger partial charge < -0.3 is 19.3 Å². The molecule has 0 atom stereocenters. The standard InChI is InChI=1S/C73H61BN5/c1-47-15-27-53(28-16-47)69(54-29-17-48(2)18-30-54)55-31-40-62-64(43-55)78(58-36-23-51(5)24-37-58)65-44-60(76-41-11-8-12-42-76)45-66-71(65)74(62)72-67(79(66)59-38-25-52(6)26-39-59)46-68(73-70(72)61-13-9-10-14-63(61)75(73)7)77(56-32-19-49(3)20-33-56)57-34-21-50(4)22-35-57/h8-46,69H,1-7H3/q+1/i8D. The van der Waals surface area contributed by atoms with E-state index in [1.165, 1.54) is 88.3 Å². The van der Waals surface area contributed by atoms with Crippen LogP contribution in [0, 0.1) is 41.5 Å². The number of fused-ring (bicyclic) bond motifs is 8. The van der Waals surface area contributed by atoms with Crippen molar-refractivity contribution in [3.05, 3.63) is 287 Å². The lowest BCUT2D eigenvalue weighted by Gasteiger charge is -2.45. The van der Waals surface area contributed by atoms with E-state index in [-0.39, 0.29) is 12.6 Å². The smallest absolute Gasteiger partial charge is 0.253 e. The van der Waals surface area contributed by atoms with Crippen molar-refractivity contribution in [2.45, 2.75) is 47.5 Å². The second-order valence-electron chi connectivity index (χ2n) is 22.1. The quantitative estimate of drug-likeness (QED) is 0.0815. The van der Waals surface area contributed by atoms with Gasteiger partial charge >= 0.3 is 0 Å². The topological polar surface area (TPSA) is 18.5 Å². The Labute approximate surface area is 466 Å². The highest BCUT2D eigenvalue weighted by Crippen LogP contribution is 2.51. The number of rotatable bonds is 9. The molecule has 0 spiro atoms. The van der Waals surface area contributed by atoms with Crippen LogP contribution in [0.5, 0.6) is 0 Å². The minimum Gasteiger partial charge on any atom is -0.342 e. The number of benzene rings is 10.